The zero-order chi connectivity index (χ0) is 10.7. The van der Waals surface area contributed by atoms with Gasteiger partial charge in [0, 0.05) is 18.0 Å². The molecule has 0 unspecified atom stereocenters. The number of aryl methyl sites for hydroxylation is 1. The number of benzene rings is 1. The molecule has 1 aromatic carbocycles. The molecule has 15 heavy (non-hydrogen) atoms. The van der Waals surface area contributed by atoms with Gasteiger partial charge in [0.05, 0.1) is 0 Å². The molecular formula is C14H13N. The zero-order valence-electron chi connectivity index (χ0n) is 8.77. The summed E-state index contributed by atoms with van der Waals surface area (Å²) in [6.45, 7) is 5.88. The Bertz CT molecular complexity index is 469. The van der Waals surface area contributed by atoms with E-state index in [0.29, 0.717) is 0 Å². The van der Waals surface area contributed by atoms with Crippen LogP contribution in [0.4, 0.5) is 0 Å². The standard InChI is InChI=1S/C14H13N/c1-3-12-10-15-9-8-14(12)13-6-4-11(2)5-7-13/h3-10H,1H2,2H3. The van der Waals surface area contributed by atoms with Crippen molar-refractivity contribution < 1.29 is 0 Å². The van der Waals surface area contributed by atoms with Gasteiger partial charge in [0.25, 0.3) is 0 Å². The van der Waals surface area contributed by atoms with Crippen molar-refractivity contribution in [1.82, 2.24) is 4.98 Å². The highest BCUT2D eigenvalue weighted by molar-refractivity contribution is 5.73. The lowest BCUT2D eigenvalue weighted by Crippen LogP contribution is -1.84. The number of pyridine rings is 1. The van der Waals surface area contributed by atoms with E-state index in [2.05, 4.69) is 42.8 Å². The van der Waals surface area contributed by atoms with Crippen LogP contribution in [0.5, 0.6) is 0 Å². The topological polar surface area (TPSA) is 12.9 Å². The Balaban J connectivity index is 2.53. The fourth-order valence-electron chi connectivity index (χ4n) is 1.57. The van der Waals surface area contributed by atoms with Crippen LogP contribution in [0.1, 0.15) is 11.1 Å². The maximum atomic E-state index is 4.09. The first-order valence-electron chi connectivity index (χ1n) is 4.95. The van der Waals surface area contributed by atoms with Crippen LogP contribution in [-0.4, -0.2) is 4.98 Å². The van der Waals surface area contributed by atoms with Gasteiger partial charge in [-0.1, -0.05) is 42.5 Å². The first kappa shape index (κ1) is 9.66. The molecule has 0 fully saturated rings. The Morgan fingerprint density at radius 3 is 2.53 bits per heavy atom. The minimum absolute atomic E-state index is 1.07. The molecule has 1 heteroatoms. The molecule has 0 N–H and O–H groups in total. The quantitative estimate of drug-likeness (QED) is 0.712. The largest absolute Gasteiger partial charge is 0.264 e. The normalized spacial score (nSPS) is 9.93. The second kappa shape index (κ2) is 4.09. The van der Waals surface area contributed by atoms with Crippen LogP contribution in [0, 0.1) is 6.92 Å². The van der Waals surface area contributed by atoms with E-state index in [1.165, 1.54) is 16.7 Å². The fraction of sp³-hybridized carbons (Fsp3) is 0.0714. The van der Waals surface area contributed by atoms with Crippen molar-refractivity contribution in [2.24, 2.45) is 0 Å². The second-order valence-corrected chi connectivity index (χ2v) is 3.53. The summed E-state index contributed by atoms with van der Waals surface area (Å²) in [6.07, 6.45) is 5.48. The van der Waals surface area contributed by atoms with Crippen molar-refractivity contribution in [1.29, 1.82) is 0 Å². The van der Waals surface area contributed by atoms with E-state index in [4.69, 9.17) is 0 Å². The molecule has 1 heterocycles. The summed E-state index contributed by atoms with van der Waals surface area (Å²) in [6, 6.07) is 10.5. The predicted octanol–water partition coefficient (Wildman–Crippen LogP) is 3.70. The minimum atomic E-state index is 1.07. The average Bonchev–Trinajstić information content (AvgIpc) is 2.30. The van der Waals surface area contributed by atoms with Crippen LogP contribution in [0.25, 0.3) is 17.2 Å². The zero-order valence-corrected chi connectivity index (χ0v) is 8.77. The summed E-state index contributed by atoms with van der Waals surface area (Å²) in [5, 5.41) is 0. The van der Waals surface area contributed by atoms with E-state index in [9.17, 15) is 0 Å². The van der Waals surface area contributed by atoms with Gasteiger partial charge in [-0.3, -0.25) is 4.98 Å². The maximum Gasteiger partial charge on any atom is 0.0346 e. The predicted molar refractivity (Wildman–Crippen MR) is 64.5 cm³/mol. The fourth-order valence-corrected chi connectivity index (χ4v) is 1.57. The number of rotatable bonds is 2. The maximum absolute atomic E-state index is 4.09. The monoisotopic (exact) mass is 195 g/mol. The van der Waals surface area contributed by atoms with E-state index < -0.39 is 0 Å². The van der Waals surface area contributed by atoms with E-state index in [1.54, 1.807) is 0 Å². The third-order valence-corrected chi connectivity index (χ3v) is 2.43. The Labute approximate surface area is 90.1 Å². The van der Waals surface area contributed by atoms with Crippen molar-refractivity contribution in [3.63, 3.8) is 0 Å². The summed E-state index contributed by atoms with van der Waals surface area (Å²) in [5.41, 5.74) is 4.73. The van der Waals surface area contributed by atoms with Gasteiger partial charge in [0.15, 0.2) is 0 Å². The molecular weight excluding hydrogens is 182 g/mol. The number of hydrogen-bond acceptors (Lipinski definition) is 1. The lowest BCUT2D eigenvalue weighted by atomic mass is 10.0. The van der Waals surface area contributed by atoms with Crippen molar-refractivity contribution in [3.05, 3.63) is 60.4 Å². The summed E-state index contributed by atoms with van der Waals surface area (Å²) in [4.78, 5) is 4.09. The van der Waals surface area contributed by atoms with Crippen molar-refractivity contribution in [2.45, 2.75) is 6.92 Å². The molecule has 0 amide bonds. The van der Waals surface area contributed by atoms with Gasteiger partial charge in [0.1, 0.15) is 0 Å². The molecule has 0 saturated carbocycles. The Kier molecular flexibility index (Phi) is 2.64. The summed E-state index contributed by atoms with van der Waals surface area (Å²) in [5.74, 6) is 0. The number of nitrogens with zero attached hydrogens (tertiary/aromatic N) is 1. The van der Waals surface area contributed by atoms with Crippen LogP contribution >= 0.6 is 0 Å². The Morgan fingerprint density at radius 2 is 1.87 bits per heavy atom. The number of aromatic nitrogens is 1. The van der Waals surface area contributed by atoms with Crippen LogP contribution in [0.15, 0.2) is 49.3 Å². The van der Waals surface area contributed by atoms with Crippen LogP contribution < -0.4 is 0 Å². The van der Waals surface area contributed by atoms with E-state index >= 15 is 0 Å². The highest BCUT2D eigenvalue weighted by Gasteiger charge is 2.01. The van der Waals surface area contributed by atoms with Gasteiger partial charge in [-0.2, -0.15) is 0 Å². The third-order valence-electron chi connectivity index (χ3n) is 2.43. The molecule has 74 valence electrons. The minimum Gasteiger partial charge on any atom is -0.264 e. The second-order valence-electron chi connectivity index (χ2n) is 3.53. The molecule has 0 aliphatic heterocycles. The van der Waals surface area contributed by atoms with E-state index in [1.807, 2.05) is 24.5 Å². The molecule has 2 aromatic rings. The molecule has 1 aromatic heterocycles. The first-order valence-corrected chi connectivity index (χ1v) is 4.95. The first-order chi connectivity index (χ1) is 7.31. The van der Waals surface area contributed by atoms with Gasteiger partial charge in [-0.15, -0.1) is 0 Å². The molecule has 0 spiro atoms. The van der Waals surface area contributed by atoms with E-state index in [0.717, 1.165) is 5.56 Å². The molecule has 0 bridgehead atoms. The summed E-state index contributed by atoms with van der Waals surface area (Å²) < 4.78 is 0. The molecule has 0 radical (unpaired) electrons. The lowest BCUT2D eigenvalue weighted by molar-refractivity contribution is 1.32. The highest BCUT2D eigenvalue weighted by Crippen LogP contribution is 2.23. The smallest absolute Gasteiger partial charge is 0.0346 e. The molecule has 1 nitrogen and oxygen atoms in total. The summed E-state index contributed by atoms with van der Waals surface area (Å²) >= 11 is 0. The molecule has 0 atom stereocenters. The Morgan fingerprint density at radius 1 is 1.13 bits per heavy atom. The third kappa shape index (κ3) is 1.96. The van der Waals surface area contributed by atoms with Gasteiger partial charge >= 0.3 is 0 Å². The SMILES string of the molecule is C=Cc1cnccc1-c1ccc(C)cc1. The molecule has 0 aliphatic carbocycles. The molecule has 2 rings (SSSR count). The van der Waals surface area contributed by atoms with Crippen molar-refractivity contribution in [2.75, 3.05) is 0 Å². The average molecular weight is 195 g/mol. The van der Waals surface area contributed by atoms with Crippen LogP contribution in [-0.2, 0) is 0 Å². The van der Waals surface area contributed by atoms with Gasteiger partial charge in [-0.25, -0.2) is 0 Å². The number of hydrogen-bond donors (Lipinski definition) is 0. The van der Waals surface area contributed by atoms with Crippen LogP contribution in [0.2, 0.25) is 0 Å². The Hall–Kier alpha value is -1.89. The van der Waals surface area contributed by atoms with Crippen LogP contribution in [0.3, 0.4) is 0 Å². The van der Waals surface area contributed by atoms with Gasteiger partial charge < -0.3 is 0 Å². The lowest BCUT2D eigenvalue weighted by Gasteiger charge is -2.05. The molecule has 0 saturated heterocycles. The van der Waals surface area contributed by atoms with Gasteiger partial charge in [-0.05, 0) is 24.1 Å². The van der Waals surface area contributed by atoms with Crippen molar-refractivity contribution in [3.8, 4) is 11.1 Å². The highest BCUT2D eigenvalue weighted by atomic mass is 14.6. The summed E-state index contributed by atoms with van der Waals surface area (Å²) in [7, 11) is 0. The van der Waals surface area contributed by atoms with E-state index in [-0.39, 0.29) is 0 Å². The molecule has 0 aliphatic rings. The van der Waals surface area contributed by atoms with Crippen molar-refractivity contribution >= 4 is 6.08 Å². The van der Waals surface area contributed by atoms with Gasteiger partial charge in [0.2, 0.25) is 0 Å².